The van der Waals surface area contributed by atoms with Gasteiger partial charge in [-0.05, 0) is 44.9 Å². The largest absolute Gasteiger partial charge is 0.382 e. The summed E-state index contributed by atoms with van der Waals surface area (Å²) in [5.74, 6) is 1.67. The summed E-state index contributed by atoms with van der Waals surface area (Å²) < 4.78 is 7.25. The van der Waals surface area contributed by atoms with E-state index >= 15 is 0 Å². The first-order valence-electron chi connectivity index (χ1n) is 14.2. The monoisotopic (exact) mass is 498 g/mol. The average molecular weight is 499 g/mol. The molecule has 0 radical (unpaired) electrons. The molecule has 0 aromatic carbocycles. The first-order valence-corrected chi connectivity index (χ1v) is 14.2. The average Bonchev–Trinajstić information content (AvgIpc) is 3.45. The summed E-state index contributed by atoms with van der Waals surface area (Å²) in [6.45, 7) is 6.22. The number of nitrogens with zero attached hydrogens (tertiary/aromatic N) is 4. The Bertz CT molecular complexity index is 867. The van der Waals surface area contributed by atoms with Gasteiger partial charge in [-0.3, -0.25) is 9.36 Å². The van der Waals surface area contributed by atoms with Crippen LogP contribution in [-0.2, 0) is 16.0 Å². The van der Waals surface area contributed by atoms with Gasteiger partial charge in [0.1, 0.15) is 18.2 Å². The molecular formula is C28H46N6O2. The molecule has 1 fully saturated rings. The molecule has 0 aliphatic heterocycles. The highest BCUT2D eigenvalue weighted by atomic mass is 16.5. The van der Waals surface area contributed by atoms with E-state index in [1.54, 1.807) is 12.5 Å². The number of hydrogen-bond donors (Lipinski definition) is 2. The van der Waals surface area contributed by atoms with Crippen LogP contribution in [0.25, 0.3) is 5.95 Å². The highest BCUT2D eigenvalue weighted by Crippen LogP contribution is 2.28. The van der Waals surface area contributed by atoms with E-state index in [4.69, 9.17) is 14.7 Å². The number of hydrogen-bond acceptors (Lipinski definition) is 6. The lowest BCUT2D eigenvalue weighted by atomic mass is 9.83. The number of carbonyl (C=O) groups excluding carboxylic acids is 1. The van der Waals surface area contributed by atoms with Crippen molar-refractivity contribution in [2.75, 3.05) is 25.1 Å². The van der Waals surface area contributed by atoms with Gasteiger partial charge in [0.25, 0.3) is 0 Å². The van der Waals surface area contributed by atoms with Crippen molar-refractivity contribution in [3.63, 3.8) is 0 Å². The van der Waals surface area contributed by atoms with E-state index in [-0.39, 0.29) is 11.9 Å². The zero-order chi connectivity index (χ0) is 25.4. The number of carbonyl (C=O) groups is 1. The summed E-state index contributed by atoms with van der Waals surface area (Å²) in [7, 11) is 0. The first-order chi connectivity index (χ1) is 17.7. The molecule has 2 N–H and O–H groups in total. The van der Waals surface area contributed by atoms with Crippen LogP contribution in [0.2, 0.25) is 0 Å². The molecule has 0 bridgehead atoms. The van der Waals surface area contributed by atoms with Crippen molar-refractivity contribution in [3.8, 4) is 5.95 Å². The van der Waals surface area contributed by atoms with Crippen molar-refractivity contribution in [1.82, 2.24) is 24.8 Å². The number of rotatable bonds is 17. The molecule has 1 aliphatic rings. The lowest BCUT2D eigenvalue weighted by molar-refractivity contribution is -0.123. The van der Waals surface area contributed by atoms with Crippen LogP contribution < -0.4 is 10.6 Å². The van der Waals surface area contributed by atoms with Gasteiger partial charge in [0.15, 0.2) is 0 Å². The summed E-state index contributed by atoms with van der Waals surface area (Å²) >= 11 is 0. The predicted octanol–water partition coefficient (Wildman–Crippen LogP) is 5.47. The Morgan fingerprint density at radius 2 is 1.89 bits per heavy atom. The molecule has 2 aromatic heterocycles. The van der Waals surface area contributed by atoms with E-state index in [1.807, 2.05) is 23.8 Å². The number of ether oxygens (including phenoxy) is 1. The number of unbranched alkanes of at least 4 members (excludes halogenated alkanes) is 5. The Hall–Kier alpha value is -2.48. The summed E-state index contributed by atoms with van der Waals surface area (Å²) in [5.41, 5.74) is 1.01. The minimum Gasteiger partial charge on any atom is -0.382 e. The molecule has 1 aliphatic carbocycles. The van der Waals surface area contributed by atoms with Crippen LogP contribution in [0.3, 0.4) is 0 Å². The fraction of sp³-hybridized carbons (Fsp3) is 0.714. The third kappa shape index (κ3) is 9.52. The van der Waals surface area contributed by atoms with Gasteiger partial charge in [0, 0.05) is 43.9 Å². The van der Waals surface area contributed by atoms with E-state index in [0.717, 1.165) is 43.6 Å². The van der Waals surface area contributed by atoms with Gasteiger partial charge in [-0.2, -0.15) is 4.98 Å². The molecule has 1 atom stereocenters. The molecule has 8 nitrogen and oxygen atoms in total. The van der Waals surface area contributed by atoms with E-state index in [2.05, 4.69) is 22.5 Å². The standard InChI is InChI=1S/C28H46N6O2/c1-3-5-6-7-8-12-16-24-21-25(33-28(31-24)34-19-18-29-22-34)32-26(23-14-10-9-11-15-23)27(35)30-17-13-20-36-4-2/h18-19,21-23,26H,3-17,20H2,1-2H3,(H,30,35)(H,31,32,33). The molecular weight excluding hydrogens is 452 g/mol. The van der Waals surface area contributed by atoms with E-state index in [9.17, 15) is 4.79 Å². The van der Waals surface area contributed by atoms with Gasteiger partial charge in [-0.25, -0.2) is 9.97 Å². The van der Waals surface area contributed by atoms with Gasteiger partial charge >= 0.3 is 0 Å². The maximum Gasteiger partial charge on any atom is 0.242 e. The maximum atomic E-state index is 13.3. The third-order valence-corrected chi connectivity index (χ3v) is 6.97. The molecule has 2 heterocycles. The van der Waals surface area contributed by atoms with Crippen molar-refractivity contribution in [1.29, 1.82) is 0 Å². The molecule has 0 spiro atoms. The first kappa shape index (κ1) is 28.1. The minimum atomic E-state index is -0.301. The maximum absolute atomic E-state index is 13.3. The molecule has 200 valence electrons. The lowest BCUT2D eigenvalue weighted by Gasteiger charge is -2.30. The predicted molar refractivity (Wildman–Crippen MR) is 144 cm³/mol. The molecule has 8 heteroatoms. The minimum absolute atomic E-state index is 0.0543. The number of anilines is 1. The highest BCUT2D eigenvalue weighted by molar-refractivity contribution is 5.84. The smallest absolute Gasteiger partial charge is 0.242 e. The van der Waals surface area contributed by atoms with E-state index < -0.39 is 0 Å². The molecule has 36 heavy (non-hydrogen) atoms. The highest BCUT2D eigenvalue weighted by Gasteiger charge is 2.30. The molecule has 1 unspecified atom stereocenters. The summed E-state index contributed by atoms with van der Waals surface area (Å²) in [6.07, 6.45) is 20.2. The van der Waals surface area contributed by atoms with Crippen LogP contribution in [0.5, 0.6) is 0 Å². The number of amides is 1. The van der Waals surface area contributed by atoms with Crippen LogP contribution in [-0.4, -0.2) is 51.2 Å². The molecule has 1 amide bonds. The van der Waals surface area contributed by atoms with Crippen molar-refractivity contribution >= 4 is 11.7 Å². The molecule has 1 saturated carbocycles. The van der Waals surface area contributed by atoms with Crippen LogP contribution in [0, 0.1) is 5.92 Å². The Morgan fingerprint density at radius 1 is 1.08 bits per heavy atom. The molecule has 0 saturated heterocycles. The number of aryl methyl sites for hydroxylation is 1. The topological polar surface area (TPSA) is 94.0 Å². The van der Waals surface area contributed by atoms with Gasteiger partial charge < -0.3 is 15.4 Å². The fourth-order valence-corrected chi connectivity index (χ4v) is 4.93. The van der Waals surface area contributed by atoms with Crippen molar-refractivity contribution < 1.29 is 9.53 Å². The number of nitrogens with one attached hydrogen (secondary N) is 2. The summed E-state index contributed by atoms with van der Waals surface area (Å²) in [6, 6.07) is 1.73. The van der Waals surface area contributed by atoms with Crippen LogP contribution in [0.4, 0.5) is 5.82 Å². The summed E-state index contributed by atoms with van der Waals surface area (Å²) in [5, 5.41) is 6.67. The van der Waals surface area contributed by atoms with Gasteiger partial charge in [0.05, 0.1) is 0 Å². The quantitative estimate of drug-likeness (QED) is 0.281. The molecule has 2 aromatic rings. The Labute approximate surface area is 217 Å². The Morgan fingerprint density at radius 3 is 2.64 bits per heavy atom. The second-order valence-electron chi connectivity index (χ2n) is 9.89. The summed E-state index contributed by atoms with van der Waals surface area (Å²) in [4.78, 5) is 27.1. The van der Waals surface area contributed by atoms with Crippen LogP contribution in [0.15, 0.2) is 24.8 Å². The van der Waals surface area contributed by atoms with Crippen molar-refractivity contribution in [2.45, 2.75) is 103 Å². The van der Waals surface area contributed by atoms with Crippen LogP contribution in [0.1, 0.15) is 96.6 Å². The Balaban J connectivity index is 1.71. The second kappa shape index (κ2) is 16.3. The lowest BCUT2D eigenvalue weighted by Crippen LogP contribution is -2.45. The van der Waals surface area contributed by atoms with Gasteiger partial charge in [-0.1, -0.05) is 58.3 Å². The van der Waals surface area contributed by atoms with Crippen molar-refractivity contribution in [2.24, 2.45) is 5.92 Å². The number of aromatic nitrogens is 4. The van der Waals surface area contributed by atoms with Crippen molar-refractivity contribution in [3.05, 3.63) is 30.5 Å². The Kier molecular flexibility index (Phi) is 12.7. The number of imidazole rings is 1. The van der Waals surface area contributed by atoms with Crippen LogP contribution >= 0.6 is 0 Å². The second-order valence-corrected chi connectivity index (χ2v) is 9.89. The fourth-order valence-electron chi connectivity index (χ4n) is 4.93. The SMILES string of the molecule is CCCCCCCCc1cc(NC(C(=O)NCCCOCC)C2CCCCC2)nc(-n2ccnc2)n1. The zero-order valence-electron chi connectivity index (χ0n) is 22.4. The van der Waals surface area contributed by atoms with Gasteiger partial charge in [0.2, 0.25) is 11.9 Å². The van der Waals surface area contributed by atoms with E-state index in [0.29, 0.717) is 31.6 Å². The zero-order valence-corrected chi connectivity index (χ0v) is 22.4. The molecule has 3 rings (SSSR count). The normalized spacial score (nSPS) is 15.1. The van der Waals surface area contributed by atoms with E-state index in [1.165, 1.54) is 51.4 Å². The third-order valence-electron chi connectivity index (χ3n) is 6.97. The van der Waals surface area contributed by atoms with Gasteiger partial charge in [-0.15, -0.1) is 0 Å².